The van der Waals surface area contributed by atoms with Gasteiger partial charge < -0.3 is 4.90 Å². The normalized spacial score (nSPS) is 17.5. The number of likely N-dealkylation sites (tertiary alicyclic amines) is 1. The van der Waals surface area contributed by atoms with Crippen LogP contribution in [0.2, 0.25) is 0 Å². The number of para-hydroxylation sites is 1. The molecule has 1 fully saturated rings. The quantitative estimate of drug-likeness (QED) is 0.730. The molecule has 0 radical (unpaired) electrons. The van der Waals surface area contributed by atoms with E-state index in [9.17, 15) is 4.79 Å². The van der Waals surface area contributed by atoms with Gasteiger partial charge in [-0.2, -0.15) is 10.2 Å². The van der Waals surface area contributed by atoms with Crippen LogP contribution in [-0.2, 0) is 0 Å². The standard InChI is InChI=1S/C20H23N5O/c1-15-13-16(2)25(22-15)17-7-5-11-23(14-17)20(26)18-8-3-4-9-19(18)24-12-6-10-21-24/h3-4,6,8-10,12-13,17H,5,7,11,14H2,1-2H3/t17-/m0/s1. The molecule has 1 aliphatic rings. The van der Waals surface area contributed by atoms with E-state index in [0.29, 0.717) is 12.1 Å². The molecule has 0 bridgehead atoms. The molecule has 1 aromatic carbocycles. The molecule has 4 rings (SSSR count). The lowest BCUT2D eigenvalue weighted by Crippen LogP contribution is -2.41. The van der Waals surface area contributed by atoms with Gasteiger partial charge in [-0.25, -0.2) is 4.68 Å². The molecule has 1 amide bonds. The molecule has 1 atom stereocenters. The number of piperidine rings is 1. The van der Waals surface area contributed by atoms with Crippen LogP contribution in [0.3, 0.4) is 0 Å². The zero-order valence-electron chi connectivity index (χ0n) is 15.2. The number of hydrogen-bond donors (Lipinski definition) is 0. The van der Waals surface area contributed by atoms with Crippen molar-refractivity contribution in [3.8, 4) is 5.69 Å². The molecule has 0 unspecified atom stereocenters. The lowest BCUT2D eigenvalue weighted by molar-refractivity contribution is 0.0671. The van der Waals surface area contributed by atoms with Gasteiger partial charge in [-0.15, -0.1) is 0 Å². The van der Waals surface area contributed by atoms with Crippen LogP contribution in [0.1, 0.15) is 40.6 Å². The summed E-state index contributed by atoms with van der Waals surface area (Å²) in [5.74, 6) is 0.0577. The predicted octanol–water partition coefficient (Wildman–Crippen LogP) is 3.16. The van der Waals surface area contributed by atoms with Crippen LogP contribution in [0.4, 0.5) is 0 Å². The van der Waals surface area contributed by atoms with Gasteiger partial charge in [-0.3, -0.25) is 9.48 Å². The maximum atomic E-state index is 13.2. The highest BCUT2D eigenvalue weighted by molar-refractivity contribution is 5.97. The molecule has 1 aliphatic heterocycles. The largest absolute Gasteiger partial charge is 0.336 e. The van der Waals surface area contributed by atoms with Crippen molar-refractivity contribution in [3.63, 3.8) is 0 Å². The number of benzene rings is 1. The van der Waals surface area contributed by atoms with Crippen LogP contribution in [0.25, 0.3) is 5.69 Å². The number of carbonyl (C=O) groups is 1. The topological polar surface area (TPSA) is 56.0 Å². The van der Waals surface area contributed by atoms with Crippen LogP contribution < -0.4 is 0 Å². The van der Waals surface area contributed by atoms with E-state index in [1.54, 1.807) is 10.9 Å². The van der Waals surface area contributed by atoms with E-state index in [-0.39, 0.29) is 11.9 Å². The first-order valence-corrected chi connectivity index (χ1v) is 9.04. The van der Waals surface area contributed by atoms with Gasteiger partial charge >= 0.3 is 0 Å². The Bertz CT molecular complexity index is 912. The minimum atomic E-state index is 0.0577. The van der Waals surface area contributed by atoms with Crippen LogP contribution in [0, 0.1) is 13.8 Å². The average molecular weight is 349 g/mol. The Morgan fingerprint density at radius 1 is 1.19 bits per heavy atom. The lowest BCUT2D eigenvalue weighted by atomic mass is 10.0. The van der Waals surface area contributed by atoms with Crippen molar-refractivity contribution in [1.82, 2.24) is 24.5 Å². The Morgan fingerprint density at radius 2 is 2.04 bits per heavy atom. The minimum absolute atomic E-state index is 0.0577. The number of carbonyl (C=O) groups excluding carboxylic acids is 1. The Labute approximate surface area is 153 Å². The van der Waals surface area contributed by atoms with Crippen molar-refractivity contribution in [2.24, 2.45) is 0 Å². The molecule has 3 heterocycles. The molecule has 26 heavy (non-hydrogen) atoms. The Kier molecular flexibility index (Phi) is 4.32. The molecular formula is C20H23N5O. The predicted molar refractivity (Wildman–Crippen MR) is 99.4 cm³/mol. The molecule has 0 aliphatic carbocycles. The van der Waals surface area contributed by atoms with Gasteiger partial charge in [0.2, 0.25) is 0 Å². The summed E-state index contributed by atoms with van der Waals surface area (Å²) < 4.78 is 3.82. The van der Waals surface area contributed by atoms with Gasteiger partial charge in [0, 0.05) is 31.2 Å². The van der Waals surface area contributed by atoms with Gasteiger partial charge in [0.1, 0.15) is 0 Å². The van der Waals surface area contributed by atoms with E-state index in [1.807, 2.05) is 48.4 Å². The summed E-state index contributed by atoms with van der Waals surface area (Å²) in [5, 5.41) is 8.91. The molecule has 0 saturated carbocycles. The number of hydrogen-bond acceptors (Lipinski definition) is 3. The SMILES string of the molecule is Cc1cc(C)n([C@H]2CCCN(C(=O)c3ccccc3-n3cccn3)C2)n1. The fourth-order valence-corrected chi connectivity index (χ4v) is 3.79. The van der Waals surface area contributed by atoms with Crippen molar-refractivity contribution in [3.05, 3.63) is 65.7 Å². The number of nitrogens with zero attached hydrogens (tertiary/aromatic N) is 5. The maximum Gasteiger partial charge on any atom is 0.256 e. The van der Waals surface area contributed by atoms with Crippen LogP contribution in [0.5, 0.6) is 0 Å². The van der Waals surface area contributed by atoms with Crippen molar-refractivity contribution >= 4 is 5.91 Å². The van der Waals surface area contributed by atoms with Gasteiger partial charge in [-0.1, -0.05) is 12.1 Å². The monoisotopic (exact) mass is 349 g/mol. The molecule has 2 aromatic heterocycles. The molecule has 134 valence electrons. The summed E-state index contributed by atoms with van der Waals surface area (Å²) in [6, 6.07) is 11.8. The smallest absolute Gasteiger partial charge is 0.256 e. The molecule has 0 N–H and O–H groups in total. The molecular weight excluding hydrogens is 326 g/mol. The Hall–Kier alpha value is -2.89. The highest BCUT2D eigenvalue weighted by atomic mass is 16.2. The fraction of sp³-hybridized carbons (Fsp3) is 0.350. The summed E-state index contributed by atoms with van der Waals surface area (Å²) >= 11 is 0. The third-order valence-corrected chi connectivity index (χ3v) is 4.96. The summed E-state index contributed by atoms with van der Waals surface area (Å²) in [7, 11) is 0. The van der Waals surface area contributed by atoms with E-state index < -0.39 is 0 Å². The van der Waals surface area contributed by atoms with Crippen molar-refractivity contribution in [2.75, 3.05) is 13.1 Å². The Balaban J connectivity index is 1.60. The number of amides is 1. The lowest BCUT2D eigenvalue weighted by Gasteiger charge is -2.33. The van der Waals surface area contributed by atoms with Gasteiger partial charge in [0.25, 0.3) is 5.91 Å². The second-order valence-corrected chi connectivity index (χ2v) is 6.89. The van der Waals surface area contributed by atoms with E-state index in [1.165, 1.54) is 0 Å². The van der Waals surface area contributed by atoms with Crippen molar-refractivity contribution in [2.45, 2.75) is 32.7 Å². The zero-order valence-corrected chi connectivity index (χ0v) is 15.2. The Morgan fingerprint density at radius 3 is 2.77 bits per heavy atom. The number of aromatic nitrogens is 4. The van der Waals surface area contributed by atoms with E-state index in [2.05, 4.69) is 27.9 Å². The van der Waals surface area contributed by atoms with Crippen LogP contribution >= 0.6 is 0 Å². The van der Waals surface area contributed by atoms with Crippen LogP contribution in [-0.4, -0.2) is 43.5 Å². The van der Waals surface area contributed by atoms with Gasteiger partial charge in [-0.05, 0) is 51.0 Å². The average Bonchev–Trinajstić information content (AvgIpc) is 3.31. The third kappa shape index (κ3) is 3.03. The molecule has 6 nitrogen and oxygen atoms in total. The highest BCUT2D eigenvalue weighted by Crippen LogP contribution is 2.25. The molecule has 3 aromatic rings. The van der Waals surface area contributed by atoms with Crippen LogP contribution in [0.15, 0.2) is 48.8 Å². The first kappa shape index (κ1) is 16.6. The van der Waals surface area contributed by atoms with Crippen molar-refractivity contribution < 1.29 is 4.79 Å². The van der Waals surface area contributed by atoms with E-state index in [4.69, 9.17) is 0 Å². The van der Waals surface area contributed by atoms with E-state index >= 15 is 0 Å². The molecule has 0 spiro atoms. The second-order valence-electron chi connectivity index (χ2n) is 6.89. The highest BCUT2D eigenvalue weighted by Gasteiger charge is 2.28. The third-order valence-electron chi connectivity index (χ3n) is 4.96. The zero-order chi connectivity index (χ0) is 18.1. The summed E-state index contributed by atoms with van der Waals surface area (Å²) in [6.45, 7) is 5.56. The first-order valence-electron chi connectivity index (χ1n) is 9.04. The van der Waals surface area contributed by atoms with Crippen molar-refractivity contribution in [1.29, 1.82) is 0 Å². The van der Waals surface area contributed by atoms with Gasteiger partial charge in [0.05, 0.1) is 23.0 Å². The van der Waals surface area contributed by atoms with E-state index in [0.717, 1.165) is 36.5 Å². The van der Waals surface area contributed by atoms with Gasteiger partial charge in [0.15, 0.2) is 0 Å². The molecule has 6 heteroatoms. The summed E-state index contributed by atoms with van der Waals surface area (Å²) in [5.41, 5.74) is 3.68. The maximum absolute atomic E-state index is 13.2. The second kappa shape index (κ2) is 6.78. The summed E-state index contributed by atoms with van der Waals surface area (Å²) in [4.78, 5) is 15.2. The number of rotatable bonds is 3. The molecule has 1 saturated heterocycles. The first-order chi connectivity index (χ1) is 12.6. The minimum Gasteiger partial charge on any atom is -0.336 e. The number of aryl methyl sites for hydroxylation is 2. The fourth-order valence-electron chi connectivity index (χ4n) is 3.79. The summed E-state index contributed by atoms with van der Waals surface area (Å²) in [6.07, 6.45) is 5.62.